The van der Waals surface area contributed by atoms with E-state index in [1.54, 1.807) is 25.2 Å². The van der Waals surface area contributed by atoms with Crippen LogP contribution in [0.15, 0.2) is 5.38 Å². The fourth-order valence-corrected chi connectivity index (χ4v) is 4.41. The zero-order valence-corrected chi connectivity index (χ0v) is 15.3. The number of aryl methyl sites for hydroxylation is 1. The van der Waals surface area contributed by atoms with E-state index in [4.69, 9.17) is 0 Å². The van der Waals surface area contributed by atoms with E-state index in [0.29, 0.717) is 5.92 Å². The van der Waals surface area contributed by atoms with Crippen LogP contribution in [0.1, 0.15) is 52.1 Å². The van der Waals surface area contributed by atoms with Gasteiger partial charge in [0.25, 0.3) is 0 Å². The first-order valence-corrected chi connectivity index (χ1v) is 10.5. The predicted octanol–water partition coefficient (Wildman–Crippen LogP) is 3.00. The van der Waals surface area contributed by atoms with Crippen LogP contribution < -0.4 is 10.0 Å². The summed E-state index contributed by atoms with van der Waals surface area (Å²) in [5.74, 6) is 0.605. The lowest BCUT2D eigenvalue weighted by atomic mass is 9.86. The van der Waals surface area contributed by atoms with E-state index >= 15 is 0 Å². The molecule has 0 bridgehead atoms. The zero-order valence-electron chi connectivity index (χ0n) is 13.6. The predicted molar refractivity (Wildman–Crippen MR) is 92.9 cm³/mol. The van der Waals surface area contributed by atoms with Gasteiger partial charge in [0.15, 0.2) is 5.13 Å². The van der Waals surface area contributed by atoms with Crippen molar-refractivity contribution in [3.8, 4) is 0 Å². The third kappa shape index (κ3) is 4.93. The van der Waals surface area contributed by atoms with Crippen molar-refractivity contribution < 1.29 is 8.42 Å². The molecule has 0 amide bonds. The third-order valence-corrected chi connectivity index (χ3v) is 7.01. The monoisotopic (exact) mass is 345 g/mol. The van der Waals surface area contributed by atoms with E-state index in [-0.39, 0.29) is 11.3 Å². The van der Waals surface area contributed by atoms with Gasteiger partial charge in [0.1, 0.15) is 0 Å². The lowest BCUT2D eigenvalue weighted by Gasteiger charge is -2.29. The molecule has 0 atom stereocenters. The van der Waals surface area contributed by atoms with E-state index < -0.39 is 10.0 Å². The average molecular weight is 346 g/mol. The minimum atomic E-state index is -3.14. The number of hydrogen-bond acceptors (Lipinski definition) is 5. The van der Waals surface area contributed by atoms with Crippen LogP contribution in [0.25, 0.3) is 0 Å². The Bertz CT molecular complexity index is 561. The van der Waals surface area contributed by atoms with Crippen molar-refractivity contribution in [1.29, 1.82) is 0 Å². The molecular weight excluding hydrogens is 318 g/mol. The Morgan fingerprint density at radius 1 is 1.32 bits per heavy atom. The van der Waals surface area contributed by atoms with E-state index in [1.165, 1.54) is 0 Å². The second-order valence-electron chi connectivity index (χ2n) is 6.31. The summed E-state index contributed by atoms with van der Waals surface area (Å²) in [6, 6.07) is 0.107. The Balaban J connectivity index is 1.73. The van der Waals surface area contributed by atoms with Gasteiger partial charge in [-0.15, -0.1) is 11.3 Å². The first-order valence-electron chi connectivity index (χ1n) is 8.10. The van der Waals surface area contributed by atoms with E-state index in [2.05, 4.69) is 27.3 Å². The Labute approximate surface area is 138 Å². The fourth-order valence-electron chi connectivity index (χ4n) is 2.64. The van der Waals surface area contributed by atoms with Crippen LogP contribution >= 0.6 is 11.3 Å². The van der Waals surface area contributed by atoms with Gasteiger partial charge in [-0.3, -0.25) is 0 Å². The van der Waals surface area contributed by atoms with Crippen molar-refractivity contribution in [1.82, 2.24) is 9.71 Å². The molecule has 1 aliphatic rings. The van der Waals surface area contributed by atoms with Crippen LogP contribution in [-0.4, -0.2) is 31.2 Å². The van der Waals surface area contributed by atoms with Crippen molar-refractivity contribution in [3.05, 3.63) is 11.1 Å². The molecule has 2 N–H and O–H groups in total. The summed E-state index contributed by atoms with van der Waals surface area (Å²) in [6.07, 6.45) is 4.95. The maximum atomic E-state index is 11.9. The average Bonchev–Trinajstić information content (AvgIpc) is 2.94. The largest absolute Gasteiger partial charge is 0.361 e. The molecule has 2 rings (SSSR count). The molecule has 0 aliphatic heterocycles. The highest BCUT2D eigenvalue weighted by Crippen LogP contribution is 2.26. The molecule has 0 spiro atoms. The topological polar surface area (TPSA) is 71.1 Å². The summed E-state index contributed by atoms with van der Waals surface area (Å²) in [5.41, 5.74) is 1.14. The SMILES string of the molecule is CCc1csc(NCC2CCC(NS(=O)(=O)C(C)C)CC2)n1. The lowest BCUT2D eigenvalue weighted by molar-refractivity contribution is 0.323. The Hall–Kier alpha value is -0.660. The van der Waals surface area contributed by atoms with Crippen LogP contribution in [0.3, 0.4) is 0 Å². The molecule has 1 heterocycles. The van der Waals surface area contributed by atoms with Gasteiger partial charge in [0, 0.05) is 18.0 Å². The molecule has 0 unspecified atom stereocenters. The van der Waals surface area contributed by atoms with Crippen molar-refractivity contribution >= 4 is 26.5 Å². The van der Waals surface area contributed by atoms with Crippen LogP contribution in [0, 0.1) is 5.92 Å². The van der Waals surface area contributed by atoms with Gasteiger partial charge in [-0.2, -0.15) is 0 Å². The van der Waals surface area contributed by atoms with Crippen LogP contribution in [0.2, 0.25) is 0 Å². The van der Waals surface area contributed by atoms with Crippen LogP contribution in [0.5, 0.6) is 0 Å². The molecule has 0 saturated heterocycles. The van der Waals surface area contributed by atoms with E-state index in [0.717, 1.165) is 49.5 Å². The van der Waals surface area contributed by atoms with Gasteiger partial charge >= 0.3 is 0 Å². The molecule has 1 aliphatic carbocycles. The maximum Gasteiger partial charge on any atom is 0.214 e. The summed E-state index contributed by atoms with van der Waals surface area (Å²) in [7, 11) is -3.14. The van der Waals surface area contributed by atoms with Crippen molar-refractivity contribution in [2.75, 3.05) is 11.9 Å². The second-order valence-corrected chi connectivity index (χ2v) is 9.43. The number of aromatic nitrogens is 1. The van der Waals surface area contributed by atoms with Crippen LogP contribution in [-0.2, 0) is 16.4 Å². The number of hydrogen-bond donors (Lipinski definition) is 2. The standard InChI is InChI=1S/C15H27N3O2S2/c1-4-13-10-21-15(17-13)16-9-12-5-7-14(8-6-12)18-22(19,20)11(2)3/h10-12,14,18H,4-9H2,1-3H3,(H,16,17). The number of nitrogens with zero attached hydrogens (tertiary/aromatic N) is 1. The van der Waals surface area contributed by atoms with Gasteiger partial charge in [0.05, 0.1) is 10.9 Å². The van der Waals surface area contributed by atoms with E-state index in [9.17, 15) is 8.42 Å². The van der Waals surface area contributed by atoms with Gasteiger partial charge in [-0.25, -0.2) is 18.1 Å². The minimum absolute atomic E-state index is 0.107. The molecule has 1 saturated carbocycles. The Kier molecular flexibility index (Phi) is 6.23. The molecule has 0 aromatic carbocycles. The summed E-state index contributed by atoms with van der Waals surface area (Å²) in [4.78, 5) is 4.51. The summed E-state index contributed by atoms with van der Waals surface area (Å²) < 4.78 is 26.6. The van der Waals surface area contributed by atoms with E-state index in [1.807, 2.05) is 0 Å². The molecule has 0 radical (unpaired) electrons. The van der Waals surface area contributed by atoms with Crippen LogP contribution in [0.4, 0.5) is 5.13 Å². The van der Waals surface area contributed by atoms with Gasteiger partial charge in [-0.05, 0) is 51.9 Å². The normalized spacial score (nSPS) is 22.9. The number of rotatable bonds is 7. The molecule has 1 fully saturated rings. The molecular formula is C15H27N3O2S2. The van der Waals surface area contributed by atoms with Gasteiger partial charge < -0.3 is 5.32 Å². The van der Waals surface area contributed by atoms with Gasteiger partial charge in [-0.1, -0.05) is 6.92 Å². The first-order chi connectivity index (χ1) is 10.4. The van der Waals surface area contributed by atoms with Crippen molar-refractivity contribution in [2.24, 2.45) is 5.92 Å². The second kappa shape index (κ2) is 7.75. The highest BCUT2D eigenvalue weighted by molar-refractivity contribution is 7.90. The summed E-state index contributed by atoms with van der Waals surface area (Å²) in [6.45, 7) is 6.48. The molecule has 7 heteroatoms. The Morgan fingerprint density at radius 3 is 2.55 bits per heavy atom. The quantitative estimate of drug-likeness (QED) is 0.797. The van der Waals surface area contributed by atoms with Crippen molar-refractivity contribution in [2.45, 2.75) is 64.2 Å². The molecule has 22 heavy (non-hydrogen) atoms. The first kappa shape index (κ1) is 17.7. The van der Waals surface area contributed by atoms with Crippen molar-refractivity contribution in [3.63, 3.8) is 0 Å². The number of nitrogens with one attached hydrogen (secondary N) is 2. The Morgan fingerprint density at radius 2 is 2.00 bits per heavy atom. The maximum absolute atomic E-state index is 11.9. The molecule has 1 aromatic heterocycles. The minimum Gasteiger partial charge on any atom is -0.361 e. The molecule has 126 valence electrons. The molecule has 1 aromatic rings. The lowest BCUT2D eigenvalue weighted by Crippen LogP contribution is -2.41. The zero-order chi connectivity index (χ0) is 16.2. The smallest absolute Gasteiger partial charge is 0.214 e. The number of anilines is 1. The molecule has 5 nitrogen and oxygen atoms in total. The highest BCUT2D eigenvalue weighted by atomic mass is 32.2. The number of sulfonamides is 1. The third-order valence-electron chi connectivity index (χ3n) is 4.25. The van der Waals surface area contributed by atoms with Gasteiger partial charge in [0.2, 0.25) is 10.0 Å². The fraction of sp³-hybridized carbons (Fsp3) is 0.800. The highest BCUT2D eigenvalue weighted by Gasteiger charge is 2.26. The summed E-state index contributed by atoms with van der Waals surface area (Å²) >= 11 is 1.66. The number of thiazole rings is 1. The summed E-state index contributed by atoms with van der Waals surface area (Å²) in [5, 5.41) is 6.16.